The number of hydrogen-bond donors (Lipinski definition) is 1. The van der Waals surface area contributed by atoms with E-state index in [2.05, 4.69) is 4.98 Å². The van der Waals surface area contributed by atoms with Crippen molar-refractivity contribution >= 4 is 16.8 Å². The average molecular weight is 420 g/mol. The number of aromatic nitrogens is 1. The minimum Gasteiger partial charge on any atom is -0.478 e. The number of ether oxygens (including phenoxy) is 1. The zero-order valence-electron chi connectivity index (χ0n) is 17.0. The minimum absolute atomic E-state index is 0.423. The number of benzene rings is 1. The zero-order valence-corrected chi connectivity index (χ0v) is 17.0. The minimum atomic E-state index is -4.36. The number of carbonyl (C=O) groups excluding carboxylic acids is 1. The van der Waals surface area contributed by atoms with Crippen LogP contribution in [0.5, 0.6) is 5.88 Å². The molecule has 2 N–H and O–H groups in total. The summed E-state index contributed by atoms with van der Waals surface area (Å²) in [6, 6.07) is 6.69. The van der Waals surface area contributed by atoms with Gasteiger partial charge in [-0.2, -0.15) is 13.2 Å². The molecule has 0 unspecified atom stereocenters. The second kappa shape index (κ2) is 11.4. The molecule has 0 radical (unpaired) electrons. The summed E-state index contributed by atoms with van der Waals surface area (Å²) in [4.78, 5) is 15.0. The number of fused-ring (bicyclic) bond motifs is 1. The van der Waals surface area contributed by atoms with E-state index in [1.807, 2.05) is 19.1 Å². The van der Waals surface area contributed by atoms with Gasteiger partial charge in [0, 0.05) is 17.5 Å². The molecule has 4 nitrogen and oxygen atoms in total. The van der Waals surface area contributed by atoms with Gasteiger partial charge in [-0.25, -0.2) is 4.98 Å². The molecule has 0 atom stereocenters. The molecule has 0 aliphatic rings. The average Bonchev–Trinajstić information content (AvgIpc) is 2.67. The highest BCUT2D eigenvalue weighted by molar-refractivity contribution is 5.86. The van der Waals surface area contributed by atoms with Gasteiger partial charge in [-0.3, -0.25) is 4.79 Å². The second-order valence-electron chi connectivity index (χ2n) is 7.15. The Morgan fingerprint density at radius 1 is 1.10 bits per heavy atom. The summed E-state index contributed by atoms with van der Waals surface area (Å²) in [5.74, 6) is -0.0133. The molecular formula is C23H27F3N2O2. The van der Waals surface area contributed by atoms with Crippen molar-refractivity contribution in [2.45, 2.75) is 51.6 Å². The molecule has 1 amide bonds. The maximum absolute atomic E-state index is 12.8. The van der Waals surface area contributed by atoms with Crippen LogP contribution in [0.15, 0.2) is 54.1 Å². The molecule has 0 aliphatic carbocycles. The van der Waals surface area contributed by atoms with E-state index >= 15 is 0 Å². The highest BCUT2D eigenvalue weighted by Crippen LogP contribution is 2.31. The summed E-state index contributed by atoms with van der Waals surface area (Å²) in [6.07, 6.45) is 7.15. The fraction of sp³-hybridized carbons (Fsp3) is 0.391. The number of unbranched alkanes of at least 4 members (excludes halogenated alkanes) is 5. The lowest BCUT2D eigenvalue weighted by molar-refractivity contribution is -0.137. The van der Waals surface area contributed by atoms with Gasteiger partial charge in [0.2, 0.25) is 11.8 Å². The van der Waals surface area contributed by atoms with Gasteiger partial charge in [0.25, 0.3) is 0 Å². The van der Waals surface area contributed by atoms with Crippen LogP contribution in [0.25, 0.3) is 10.9 Å². The van der Waals surface area contributed by atoms with E-state index in [4.69, 9.17) is 10.5 Å². The van der Waals surface area contributed by atoms with E-state index in [-0.39, 0.29) is 0 Å². The van der Waals surface area contributed by atoms with Gasteiger partial charge >= 0.3 is 6.18 Å². The Bertz CT molecular complexity index is 905. The third kappa shape index (κ3) is 8.27. The highest BCUT2D eigenvalue weighted by Gasteiger charge is 2.30. The van der Waals surface area contributed by atoms with Crippen molar-refractivity contribution in [3.05, 3.63) is 59.7 Å². The summed E-state index contributed by atoms with van der Waals surface area (Å²) in [7, 11) is 0. The van der Waals surface area contributed by atoms with Crippen LogP contribution in [-0.2, 0) is 11.0 Å². The Morgan fingerprint density at radius 3 is 2.57 bits per heavy atom. The first-order chi connectivity index (χ1) is 14.3. The zero-order chi connectivity index (χ0) is 22.0. The number of amides is 1. The molecule has 2 rings (SSSR count). The maximum atomic E-state index is 12.8. The van der Waals surface area contributed by atoms with Gasteiger partial charge in [-0.05, 0) is 56.0 Å². The van der Waals surface area contributed by atoms with Gasteiger partial charge in [0.1, 0.15) is 0 Å². The fourth-order valence-corrected chi connectivity index (χ4v) is 2.98. The number of halogens is 3. The summed E-state index contributed by atoms with van der Waals surface area (Å²) in [6.45, 7) is 2.36. The van der Waals surface area contributed by atoms with E-state index in [1.54, 1.807) is 12.1 Å². The fourth-order valence-electron chi connectivity index (χ4n) is 2.98. The molecule has 2 aromatic rings. The molecule has 1 aromatic heterocycles. The van der Waals surface area contributed by atoms with E-state index in [1.165, 1.54) is 12.1 Å². The highest BCUT2D eigenvalue weighted by atomic mass is 19.4. The molecule has 0 saturated heterocycles. The Labute approximate surface area is 174 Å². The van der Waals surface area contributed by atoms with Crippen LogP contribution >= 0.6 is 0 Å². The number of pyridine rings is 1. The number of rotatable bonds is 11. The normalized spacial score (nSPS) is 12.6. The van der Waals surface area contributed by atoms with Crippen LogP contribution in [0.3, 0.4) is 0 Å². The van der Waals surface area contributed by atoms with Crippen molar-refractivity contribution in [2.75, 3.05) is 6.61 Å². The third-order valence-corrected chi connectivity index (χ3v) is 4.51. The van der Waals surface area contributed by atoms with Crippen LogP contribution in [0.1, 0.15) is 51.0 Å². The molecule has 7 heteroatoms. The van der Waals surface area contributed by atoms with Gasteiger partial charge < -0.3 is 10.5 Å². The van der Waals surface area contributed by atoms with Gasteiger partial charge in [-0.15, -0.1) is 0 Å². The smallest absolute Gasteiger partial charge is 0.416 e. The maximum Gasteiger partial charge on any atom is 0.416 e. The van der Waals surface area contributed by atoms with Crippen molar-refractivity contribution in [2.24, 2.45) is 5.73 Å². The van der Waals surface area contributed by atoms with Crippen LogP contribution in [0.2, 0.25) is 0 Å². The number of nitrogens with two attached hydrogens (primary N) is 1. The van der Waals surface area contributed by atoms with Crippen molar-refractivity contribution in [3.63, 3.8) is 0 Å². The molecule has 0 aliphatic heterocycles. The lowest BCUT2D eigenvalue weighted by Crippen LogP contribution is -2.06. The van der Waals surface area contributed by atoms with Crippen LogP contribution in [0.4, 0.5) is 13.2 Å². The largest absolute Gasteiger partial charge is 0.478 e. The molecule has 0 fully saturated rings. The van der Waals surface area contributed by atoms with E-state index in [0.717, 1.165) is 56.2 Å². The summed E-state index contributed by atoms with van der Waals surface area (Å²) < 4.78 is 43.9. The predicted octanol–water partition coefficient (Wildman–Crippen LogP) is 5.96. The molecule has 30 heavy (non-hydrogen) atoms. The molecule has 1 heterocycles. The van der Waals surface area contributed by atoms with Crippen molar-refractivity contribution in [1.29, 1.82) is 0 Å². The van der Waals surface area contributed by atoms with Gasteiger partial charge in [-0.1, -0.05) is 31.4 Å². The van der Waals surface area contributed by atoms with Crippen molar-refractivity contribution in [3.8, 4) is 5.88 Å². The number of alkyl halides is 3. The third-order valence-electron chi connectivity index (χ3n) is 4.51. The van der Waals surface area contributed by atoms with Crippen molar-refractivity contribution < 1.29 is 22.7 Å². The molecule has 0 saturated carbocycles. The predicted molar refractivity (Wildman–Crippen MR) is 112 cm³/mol. The molecule has 162 valence electrons. The number of carbonyl (C=O) groups is 1. The van der Waals surface area contributed by atoms with Crippen molar-refractivity contribution in [1.82, 2.24) is 4.98 Å². The Balaban J connectivity index is 1.63. The van der Waals surface area contributed by atoms with Crippen LogP contribution in [0, 0.1) is 0 Å². The number of hydrogen-bond acceptors (Lipinski definition) is 3. The Morgan fingerprint density at radius 2 is 1.83 bits per heavy atom. The molecule has 0 bridgehead atoms. The van der Waals surface area contributed by atoms with E-state index in [0.29, 0.717) is 23.4 Å². The Hall–Kier alpha value is -2.83. The van der Waals surface area contributed by atoms with E-state index in [9.17, 15) is 18.0 Å². The molecule has 1 aromatic carbocycles. The standard InChI is InChI=1S/C23H27F3N2O2/c1-17(15-21(27)29)9-7-5-3-2-4-6-8-14-30-22-13-10-18-16-19(23(24,25)26)11-12-20(18)28-22/h7,9-13,15-16H,2-6,8,14H2,1H3,(H2,27,29)/b9-7+,17-15+. The number of primary amides is 1. The molecular weight excluding hydrogens is 393 g/mol. The lowest BCUT2D eigenvalue weighted by atomic mass is 10.1. The number of nitrogens with zero attached hydrogens (tertiary/aromatic N) is 1. The summed E-state index contributed by atoms with van der Waals surface area (Å²) >= 11 is 0. The first-order valence-corrected chi connectivity index (χ1v) is 10.0. The van der Waals surface area contributed by atoms with Crippen LogP contribution in [-0.4, -0.2) is 17.5 Å². The van der Waals surface area contributed by atoms with E-state index < -0.39 is 17.6 Å². The summed E-state index contributed by atoms with van der Waals surface area (Å²) in [5.41, 5.74) is 5.73. The second-order valence-corrected chi connectivity index (χ2v) is 7.15. The van der Waals surface area contributed by atoms with Gasteiger partial charge in [0.15, 0.2) is 0 Å². The SMILES string of the molecule is CC(/C=C/CCCCCCCOc1ccc2cc(C(F)(F)F)ccc2n1)=C\C(N)=O. The summed E-state index contributed by atoms with van der Waals surface area (Å²) in [5, 5.41) is 0.437. The van der Waals surface area contributed by atoms with Crippen LogP contribution < -0.4 is 10.5 Å². The lowest BCUT2D eigenvalue weighted by Gasteiger charge is -2.09. The Kier molecular flexibility index (Phi) is 8.89. The quantitative estimate of drug-likeness (QED) is 0.277. The first kappa shape index (κ1) is 23.4. The number of allylic oxidation sites excluding steroid dienone is 3. The molecule has 0 spiro atoms. The van der Waals surface area contributed by atoms with Gasteiger partial charge in [0.05, 0.1) is 17.7 Å². The first-order valence-electron chi connectivity index (χ1n) is 10.0. The topological polar surface area (TPSA) is 65.2 Å². The monoisotopic (exact) mass is 420 g/mol.